The Morgan fingerprint density at radius 1 is 1.16 bits per heavy atom. The SMILES string of the molecule is CC(C)C1CCCN(c2cncc(-c3cccc(C=C4SC(=O)NC4=O)c3)n2)CCC1. The number of hydrogen-bond donors (Lipinski definition) is 1. The van der Waals surface area contributed by atoms with Crippen LogP contribution in [-0.4, -0.2) is 34.2 Å². The second kappa shape index (κ2) is 9.64. The zero-order valence-corrected chi connectivity index (χ0v) is 18.8. The van der Waals surface area contributed by atoms with Gasteiger partial charge in [-0.15, -0.1) is 0 Å². The van der Waals surface area contributed by atoms with E-state index in [1.54, 1.807) is 12.3 Å². The number of carbonyl (C=O) groups excluding carboxylic acids is 2. The summed E-state index contributed by atoms with van der Waals surface area (Å²) >= 11 is 0.924. The van der Waals surface area contributed by atoms with Crippen molar-refractivity contribution in [1.82, 2.24) is 15.3 Å². The quantitative estimate of drug-likeness (QED) is 0.671. The summed E-state index contributed by atoms with van der Waals surface area (Å²) in [5.41, 5.74) is 2.59. The molecule has 0 saturated carbocycles. The standard InChI is InChI=1S/C24H28N4O2S/c1-16(2)18-8-4-10-28(11-5-9-18)22-15-25-14-20(26-22)19-7-3-6-17(12-19)13-21-23(29)27-24(30)31-21/h3,6-7,12-16,18H,4-5,8-11H2,1-2H3,(H,27,29,30). The predicted octanol–water partition coefficient (Wildman–Crippen LogP) is 5.12. The van der Waals surface area contributed by atoms with E-state index >= 15 is 0 Å². The molecule has 1 N–H and O–H groups in total. The molecule has 2 saturated heterocycles. The Morgan fingerprint density at radius 3 is 2.61 bits per heavy atom. The first-order valence-corrected chi connectivity index (χ1v) is 11.7. The second-order valence-corrected chi connectivity index (χ2v) is 9.53. The van der Waals surface area contributed by atoms with Gasteiger partial charge in [0.1, 0.15) is 5.82 Å². The zero-order chi connectivity index (χ0) is 21.8. The number of hydrogen-bond acceptors (Lipinski definition) is 6. The summed E-state index contributed by atoms with van der Waals surface area (Å²) in [6.07, 6.45) is 10.2. The average Bonchev–Trinajstić information content (AvgIpc) is 3.04. The van der Waals surface area contributed by atoms with Gasteiger partial charge >= 0.3 is 0 Å². The molecule has 6 nitrogen and oxygen atoms in total. The van der Waals surface area contributed by atoms with Crippen LogP contribution in [0.25, 0.3) is 17.3 Å². The van der Waals surface area contributed by atoms with Crippen LogP contribution in [0.2, 0.25) is 0 Å². The molecule has 31 heavy (non-hydrogen) atoms. The van der Waals surface area contributed by atoms with Crippen molar-refractivity contribution < 1.29 is 9.59 Å². The van der Waals surface area contributed by atoms with E-state index in [0.29, 0.717) is 4.91 Å². The highest BCUT2D eigenvalue weighted by molar-refractivity contribution is 8.18. The van der Waals surface area contributed by atoms with Crippen molar-refractivity contribution in [2.75, 3.05) is 18.0 Å². The Bertz CT molecular complexity index is 995. The summed E-state index contributed by atoms with van der Waals surface area (Å²) in [7, 11) is 0. The number of nitrogens with one attached hydrogen (secondary N) is 1. The molecule has 162 valence electrons. The Balaban J connectivity index is 1.52. The van der Waals surface area contributed by atoms with Crippen molar-refractivity contribution in [1.29, 1.82) is 0 Å². The first kappa shape index (κ1) is 21.6. The van der Waals surface area contributed by atoms with Crippen LogP contribution in [0, 0.1) is 11.8 Å². The number of amides is 2. The van der Waals surface area contributed by atoms with Crippen LogP contribution in [0.4, 0.5) is 10.6 Å². The third-order valence-electron chi connectivity index (χ3n) is 6.02. The lowest BCUT2D eigenvalue weighted by molar-refractivity contribution is -0.115. The van der Waals surface area contributed by atoms with Gasteiger partial charge in [-0.05, 0) is 67.0 Å². The zero-order valence-electron chi connectivity index (χ0n) is 18.0. The Morgan fingerprint density at radius 2 is 1.94 bits per heavy atom. The number of aromatic nitrogens is 2. The van der Waals surface area contributed by atoms with E-state index in [-0.39, 0.29) is 11.1 Å². The van der Waals surface area contributed by atoms with Crippen LogP contribution in [0.1, 0.15) is 45.1 Å². The fraction of sp³-hybridized carbons (Fsp3) is 0.417. The summed E-state index contributed by atoms with van der Waals surface area (Å²) in [6.45, 7) is 6.68. The highest BCUT2D eigenvalue weighted by Gasteiger charge is 2.25. The van der Waals surface area contributed by atoms with Crippen LogP contribution < -0.4 is 10.2 Å². The van der Waals surface area contributed by atoms with Gasteiger partial charge in [0.05, 0.1) is 23.0 Å². The van der Waals surface area contributed by atoms with Crippen molar-refractivity contribution in [3.8, 4) is 11.3 Å². The number of imide groups is 1. The number of rotatable bonds is 4. The molecule has 1 aromatic carbocycles. The molecule has 0 bridgehead atoms. The Kier molecular flexibility index (Phi) is 6.70. The van der Waals surface area contributed by atoms with Crippen LogP contribution >= 0.6 is 11.8 Å². The fourth-order valence-electron chi connectivity index (χ4n) is 4.25. The van der Waals surface area contributed by atoms with Crippen molar-refractivity contribution in [3.63, 3.8) is 0 Å². The summed E-state index contributed by atoms with van der Waals surface area (Å²) < 4.78 is 0. The van der Waals surface area contributed by atoms with E-state index in [0.717, 1.165) is 59.3 Å². The smallest absolute Gasteiger partial charge is 0.290 e. The maximum Gasteiger partial charge on any atom is 0.290 e. The van der Waals surface area contributed by atoms with E-state index in [2.05, 4.69) is 29.0 Å². The van der Waals surface area contributed by atoms with Gasteiger partial charge in [-0.25, -0.2) is 4.98 Å². The van der Waals surface area contributed by atoms with Crippen LogP contribution in [0.3, 0.4) is 0 Å². The van der Waals surface area contributed by atoms with Gasteiger partial charge in [-0.3, -0.25) is 19.9 Å². The van der Waals surface area contributed by atoms with Crippen LogP contribution in [0.5, 0.6) is 0 Å². The largest absolute Gasteiger partial charge is 0.355 e. The van der Waals surface area contributed by atoms with Gasteiger partial charge in [0.2, 0.25) is 0 Å². The molecule has 0 spiro atoms. The molecule has 2 amide bonds. The maximum absolute atomic E-state index is 11.8. The second-order valence-electron chi connectivity index (χ2n) is 8.52. The molecule has 7 heteroatoms. The molecule has 4 rings (SSSR count). The van der Waals surface area contributed by atoms with Crippen LogP contribution in [0.15, 0.2) is 41.6 Å². The number of thioether (sulfide) groups is 1. The van der Waals surface area contributed by atoms with Crippen LogP contribution in [-0.2, 0) is 4.79 Å². The number of anilines is 1. The van der Waals surface area contributed by atoms with Gasteiger partial charge in [-0.2, -0.15) is 0 Å². The minimum atomic E-state index is -0.348. The molecule has 0 unspecified atom stereocenters. The van der Waals surface area contributed by atoms with Gasteiger partial charge in [0.25, 0.3) is 11.1 Å². The van der Waals surface area contributed by atoms with E-state index in [4.69, 9.17) is 4.98 Å². The van der Waals surface area contributed by atoms with E-state index in [1.165, 1.54) is 25.7 Å². The monoisotopic (exact) mass is 436 g/mol. The Hall–Kier alpha value is -2.67. The van der Waals surface area contributed by atoms with E-state index in [9.17, 15) is 9.59 Å². The van der Waals surface area contributed by atoms with Gasteiger partial charge in [-0.1, -0.05) is 32.0 Å². The summed E-state index contributed by atoms with van der Waals surface area (Å²) in [5.74, 6) is 2.15. The molecule has 0 aliphatic carbocycles. The van der Waals surface area contributed by atoms with E-state index < -0.39 is 0 Å². The lowest BCUT2D eigenvalue weighted by Gasteiger charge is -2.30. The molecule has 2 aliphatic rings. The predicted molar refractivity (Wildman–Crippen MR) is 126 cm³/mol. The molecule has 3 heterocycles. The molecule has 0 atom stereocenters. The third-order valence-corrected chi connectivity index (χ3v) is 6.83. The molecule has 1 aromatic heterocycles. The Labute approximate surface area is 187 Å². The third kappa shape index (κ3) is 5.34. The number of benzene rings is 1. The van der Waals surface area contributed by atoms with Crippen molar-refractivity contribution >= 4 is 34.8 Å². The highest BCUT2D eigenvalue weighted by atomic mass is 32.2. The summed E-state index contributed by atoms with van der Waals surface area (Å²) in [4.78, 5) is 35.3. The first-order valence-electron chi connectivity index (χ1n) is 10.9. The van der Waals surface area contributed by atoms with Gasteiger partial charge in [0, 0.05) is 18.7 Å². The number of carbonyl (C=O) groups is 2. The van der Waals surface area contributed by atoms with Gasteiger partial charge < -0.3 is 4.90 Å². The van der Waals surface area contributed by atoms with Gasteiger partial charge in [0.15, 0.2) is 0 Å². The molecular formula is C24H28N4O2S. The summed E-state index contributed by atoms with van der Waals surface area (Å²) in [6, 6.07) is 7.80. The van der Waals surface area contributed by atoms with Crippen molar-refractivity contribution in [3.05, 3.63) is 47.1 Å². The first-order chi connectivity index (χ1) is 15.0. The lowest BCUT2D eigenvalue weighted by Crippen LogP contribution is -2.30. The molecule has 2 fully saturated rings. The minimum absolute atomic E-state index is 0.334. The van der Waals surface area contributed by atoms with Crippen molar-refractivity contribution in [2.45, 2.75) is 39.5 Å². The van der Waals surface area contributed by atoms with E-state index in [1.807, 2.05) is 30.5 Å². The molecular weight excluding hydrogens is 408 g/mol. The average molecular weight is 437 g/mol. The topological polar surface area (TPSA) is 75.2 Å². The van der Waals surface area contributed by atoms with Crippen molar-refractivity contribution in [2.24, 2.45) is 11.8 Å². The molecule has 2 aliphatic heterocycles. The normalized spacial score (nSPS) is 19.6. The lowest BCUT2D eigenvalue weighted by atomic mass is 9.86. The molecule has 2 aromatic rings. The summed E-state index contributed by atoms with van der Waals surface area (Å²) in [5, 5.41) is 1.95. The highest BCUT2D eigenvalue weighted by Crippen LogP contribution is 2.29. The molecule has 0 radical (unpaired) electrons. The fourth-order valence-corrected chi connectivity index (χ4v) is 4.93. The number of nitrogens with zero attached hydrogens (tertiary/aromatic N) is 3. The minimum Gasteiger partial charge on any atom is -0.355 e. The maximum atomic E-state index is 11.8.